The Hall–Kier alpha value is -1.61. The van der Waals surface area contributed by atoms with Gasteiger partial charge in [-0.1, -0.05) is 20.4 Å². The van der Waals surface area contributed by atoms with E-state index in [0.29, 0.717) is 23.0 Å². The number of phenols is 1. The van der Waals surface area contributed by atoms with Gasteiger partial charge in [0.15, 0.2) is 5.78 Å². The van der Waals surface area contributed by atoms with E-state index in [9.17, 15) is 15.0 Å². The fraction of sp³-hybridized carbons (Fsp3) is 0.550. The number of Topliss-reactive ketones (excluding diaryl/α,β-unsaturated/α-hetero) is 1. The van der Waals surface area contributed by atoms with Gasteiger partial charge in [0.25, 0.3) is 0 Å². The molecule has 122 valence electrons. The van der Waals surface area contributed by atoms with Crippen LogP contribution in [0, 0.1) is 18.3 Å². The van der Waals surface area contributed by atoms with Gasteiger partial charge in [0.05, 0.1) is 0 Å². The lowest BCUT2D eigenvalue weighted by atomic mass is 9.83. The summed E-state index contributed by atoms with van der Waals surface area (Å²) >= 11 is 0. The van der Waals surface area contributed by atoms with Crippen molar-refractivity contribution < 1.29 is 15.0 Å². The van der Waals surface area contributed by atoms with Gasteiger partial charge in [-0.05, 0) is 66.2 Å². The summed E-state index contributed by atoms with van der Waals surface area (Å²) in [6.45, 7) is 12.2. The highest BCUT2D eigenvalue weighted by molar-refractivity contribution is 6.11. The van der Waals surface area contributed by atoms with Crippen LogP contribution >= 0.6 is 0 Å². The quantitative estimate of drug-likeness (QED) is 0.767. The predicted molar refractivity (Wildman–Crippen MR) is 89.8 cm³/mol. The van der Waals surface area contributed by atoms with Gasteiger partial charge < -0.3 is 10.2 Å². The summed E-state index contributed by atoms with van der Waals surface area (Å²) in [6.07, 6.45) is 2.14. The van der Waals surface area contributed by atoms with Crippen molar-refractivity contribution in [3.63, 3.8) is 0 Å². The lowest BCUT2D eigenvalue weighted by Crippen LogP contribution is -2.31. The lowest BCUT2D eigenvalue weighted by molar-refractivity contribution is 0.0460. The maximum absolute atomic E-state index is 12.8. The van der Waals surface area contributed by atoms with Crippen molar-refractivity contribution in [2.24, 2.45) is 11.3 Å². The minimum atomic E-state index is -1.42. The Morgan fingerprint density at radius 1 is 1.22 bits per heavy atom. The van der Waals surface area contributed by atoms with E-state index in [1.165, 1.54) is 0 Å². The Kier molecular flexibility index (Phi) is 2.65. The van der Waals surface area contributed by atoms with Gasteiger partial charge in [-0.15, -0.1) is 0 Å². The first-order valence-corrected chi connectivity index (χ1v) is 8.42. The lowest BCUT2D eigenvalue weighted by Gasteiger charge is -2.21. The number of rotatable bonds is 0. The smallest absolute Gasteiger partial charge is 0.195 e. The van der Waals surface area contributed by atoms with Crippen LogP contribution < -0.4 is 0 Å². The van der Waals surface area contributed by atoms with Crippen LogP contribution in [0.25, 0.3) is 5.57 Å². The molecule has 0 spiro atoms. The van der Waals surface area contributed by atoms with Gasteiger partial charge in [-0.2, -0.15) is 0 Å². The molecule has 1 fully saturated rings. The molecular weight excluding hydrogens is 288 g/mol. The number of carbonyl (C=O) groups excluding carboxylic acids is 1. The molecule has 1 saturated carbocycles. The highest BCUT2D eigenvalue weighted by atomic mass is 16.3. The van der Waals surface area contributed by atoms with E-state index >= 15 is 0 Å². The van der Waals surface area contributed by atoms with Crippen molar-refractivity contribution in [2.75, 3.05) is 0 Å². The second kappa shape index (κ2) is 4.07. The Morgan fingerprint density at radius 2 is 1.87 bits per heavy atom. The summed E-state index contributed by atoms with van der Waals surface area (Å²) in [6, 6.07) is 0. The average Bonchev–Trinajstić information content (AvgIpc) is 2.96. The molecule has 0 aliphatic heterocycles. The van der Waals surface area contributed by atoms with Gasteiger partial charge in [-0.25, -0.2) is 0 Å². The average molecular weight is 312 g/mol. The Morgan fingerprint density at radius 3 is 2.52 bits per heavy atom. The van der Waals surface area contributed by atoms with Crippen LogP contribution in [0.2, 0.25) is 0 Å². The molecule has 2 N–H and O–H groups in total. The summed E-state index contributed by atoms with van der Waals surface area (Å²) in [7, 11) is 0. The highest BCUT2D eigenvalue weighted by Gasteiger charge is 2.60. The molecule has 4 rings (SSSR count). The van der Waals surface area contributed by atoms with Crippen molar-refractivity contribution in [3.8, 4) is 5.75 Å². The molecule has 3 heteroatoms. The van der Waals surface area contributed by atoms with Gasteiger partial charge in [-0.3, -0.25) is 4.79 Å². The van der Waals surface area contributed by atoms with E-state index in [0.717, 1.165) is 35.1 Å². The molecule has 0 amide bonds. The van der Waals surface area contributed by atoms with Gasteiger partial charge in [0.1, 0.15) is 11.4 Å². The maximum Gasteiger partial charge on any atom is 0.195 e. The number of hydrogen-bond acceptors (Lipinski definition) is 3. The SMILES string of the molecule is C=C1CC[C@H]2[C@@H](c3c(C)c(O)c4c(c31)C(=O)[C@](C)(O)C4)C2(C)C. The van der Waals surface area contributed by atoms with Crippen LogP contribution in [0.15, 0.2) is 6.58 Å². The monoisotopic (exact) mass is 312 g/mol. The van der Waals surface area contributed by atoms with Crippen molar-refractivity contribution in [3.05, 3.63) is 34.4 Å². The zero-order chi connectivity index (χ0) is 16.9. The summed E-state index contributed by atoms with van der Waals surface area (Å²) in [5, 5.41) is 21.2. The standard InChI is InChI=1S/C20H24O3/c1-9-6-7-12-16(19(12,3)4)14-10(2)17(21)11-8-20(5,23)18(22)15(11)13(9)14/h12,16,21,23H,1,6-8H2,2-5H3/t12-,16-,20+/m0/s1. The van der Waals surface area contributed by atoms with Crippen molar-refractivity contribution >= 4 is 11.4 Å². The number of allylic oxidation sites excluding steroid dienone is 1. The van der Waals surface area contributed by atoms with E-state index in [1.54, 1.807) is 6.92 Å². The van der Waals surface area contributed by atoms with Crippen LogP contribution in [0.4, 0.5) is 0 Å². The fourth-order valence-corrected chi connectivity index (χ4v) is 5.13. The van der Waals surface area contributed by atoms with Gasteiger partial charge in [0.2, 0.25) is 0 Å². The second-order valence-corrected chi connectivity index (χ2v) is 8.44. The number of fused-ring (bicyclic) bond motifs is 5. The first-order chi connectivity index (χ1) is 10.6. The number of aromatic hydroxyl groups is 1. The molecular formula is C20H24O3. The van der Waals surface area contributed by atoms with Crippen LogP contribution in [0.3, 0.4) is 0 Å². The van der Waals surface area contributed by atoms with E-state index < -0.39 is 5.60 Å². The summed E-state index contributed by atoms with van der Waals surface area (Å²) in [5.74, 6) is 0.873. The van der Waals surface area contributed by atoms with Crippen LogP contribution in [-0.2, 0) is 6.42 Å². The molecule has 0 heterocycles. The Labute approximate surface area is 137 Å². The van der Waals surface area contributed by atoms with Gasteiger partial charge in [0, 0.05) is 17.5 Å². The van der Waals surface area contributed by atoms with E-state index in [4.69, 9.17) is 0 Å². The third-order valence-electron chi connectivity index (χ3n) is 6.58. The molecule has 0 saturated heterocycles. The minimum Gasteiger partial charge on any atom is -0.507 e. The molecule has 0 bridgehead atoms. The third-order valence-corrected chi connectivity index (χ3v) is 6.58. The number of aliphatic hydroxyl groups is 1. The molecule has 23 heavy (non-hydrogen) atoms. The number of hydrogen-bond donors (Lipinski definition) is 2. The molecule has 3 nitrogen and oxygen atoms in total. The number of carbonyl (C=O) groups is 1. The fourth-order valence-electron chi connectivity index (χ4n) is 5.13. The van der Waals surface area contributed by atoms with Crippen LogP contribution in [-0.4, -0.2) is 21.6 Å². The van der Waals surface area contributed by atoms with Crippen LogP contribution in [0.1, 0.15) is 72.1 Å². The largest absolute Gasteiger partial charge is 0.507 e. The molecule has 3 aliphatic carbocycles. The third kappa shape index (κ3) is 1.66. The van der Waals surface area contributed by atoms with Crippen molar-refractivity contribution in [1.29, 1.82) is 0 Å². The number of phenolic OH excluding ortho intramolecular Hbond substituents is 1. The first kappa shape index (κ1) is 14.9. The van der Waals surface area contributed by atoms with Crippen molar-refractivity contribution in [1.82, 2.24) is 0 Å². The van der Waals surface area contributed by atoms with Crippen molar-refractivity contribution in [2.45, 2.75) is 58.5 Å². The topological polar surface area (TPSA) is 57.5 Å². The second-order valence-electron chi connectivity index (χ2n) is 8.44. The van der Waals surface area contributed by atoms with E-state index in [2.05, 4.69) is 20.4 Å². The molecule has 0 unspecified atom stereocenters. The summed E-state index contributed by atoms with van der Waals surface area (Å²) in [5.41, 5.74) is 3.79. The predicted octanol–water partition coefficient (Wildman–Crippen LogP) is 3.74. The van der Waals surface area contributed by atoms with E-state index in [-0.39, 0.29) is 23.4 Å². The van der Waals surface area contributed by atoms with Crippen LogP contribution in [0.5, 0.6) is 5.75 Å². The van der Waals surface area contributed by atoms with E-state index in [1.807, 2.05) is 6.92 Å². The number of benzene rings is 1. The normalized spacial score (nSPS) is 33.8. The number of ketones is 1. The summed E-state index contributed by atoms with van der Waals surface area (Å²) in [4.78, 5) is 12.8. The zero-order valence-electron chi connectivity index (χ0n) is 14.3. The molecule has 0 aromatic heterocycles. The maximum atomic E-state index is 12.8. The summed E-state index contributed by atoms with van der Waals surface area (Å²) < 4.78 is 0. The molecule has 0 radical (unpaired) electrons. The zero-order valence-corrected chi connectivity index (χ0v) is 14.3. The Bertz CT molecular complexity index is 783. The van der Waals surface area contributed by atoms with Gasteiger partial charge >= 0.3 is 0 Å². The Balaban J connectivity index is 2.07. The molecule has 1 aromatic carbocycles. The molecule has 1 aromatic rings. The highest BCUT2D eigenvalue weighted by Crippen LogP contribution is 2.70. The molecule has 3 aliphatic rings. The molecule has 3 atom stereocenters. The first-order valence-electron chi connectivity index (χ1n) is 8.42. The minimum absolute atomic E-state index is 0.186.